The van der Waals surface area contributed by atoms with Gasteiger partial charge in [-0.25, -0.2) is 4.79 Å². The highest BCUT2D eigenvalue weighted by Gasteiger charge is 2.34. The molecular formula is C13H23NO4P+. The smallest absolute Gasteiger partial charge is 0.444 e. The monoisotopic (exact) mass is 288 g/mol. The van der Waals surface area contributed by atoms with Crippen LogP contribution >= 0.6 is 8.03 Å². The number of ether oxygens (including phenoxy) is 1. The van der Waals surface area contributed by atoms with Crippen molar-refractivity contribution in [3.05, 3.63) is 11.6 Å². The van der Waals surface area contributed by atoms with Gasteiger partial charge in [-0.3, -0.25) is 0 Å². The molecule has 1 aliphatic carbocycles. The van der Waals surface area contributed by atoms with E-state index in [2.05, 4.69) is 5.32 Å². The first-order chi connectivity index (χ1) is 8.73. The SMILES string of the molecule is CCC(C1=CC(NC(=O)OC(C)(C)C)CC1)[P+](=O)O. The molecule has 1 aliphatic rings. The van der Waals surface area contributed by atoms with Crippen LogP contribution < -0.4 is 5.32 Å². The van der Waals surface area contributed by atoms with Crippen LogP contribution in [0, 0.1) is 0 Å². The minimum Gasteiger partial charge on any atom is -0.444 e. The predicted molar refractivity (Wildman–Crippen MR) is 74.4 cm³/mol. The van der Waals surface area contributed by atoms with Crippen LogP contribution in [0.5, 0.6) is 0 Å². The zero-order chi connectivity index (χ0) is 14.6. The third kappa shape index (κ3) is 5.29. The van der Waals surface area contributed by atoms with Gasteiger partial charge < -0.3 is 10.1 Å². The third-order valence-corrected chi connectivity index (χ3v) is 4.17. The first-order valence-corrected chi connectivity index (χ1v) is 7.86. The molecule has 3 atom stereocenters. The summed E-state index contributed by atoms with van der Waals surface area (Å²) in [6.45, 7) is 7.33. The Morgan fingerprint density at radius 3 is 2.74 bits per heavy atom. The summed E-state index contributed by atoms with van der Waals surface area (Å²) in [5.41, 5.74) is 0.155. The van der Waals surface area contributed by atoms with Crippen LogP contribution in [0.3, 0.4) is 0 Å². The van der Waals surface area contributed by atoms with Crippen molar-refractivity contribution in [1.29, 1.82) is 0 Å². The molecule has 19 heavy (non-hydrogen) atoms. The zero-order valence-corrected chi connectivity index (χ0v) is 12.9. The molecule has 1 amide bonds. The molecule has 0 spiro atoms. The Morgan fingerprint density at radius 2 is 2.26 bits per heavy atom. The normalized spacial score (nSPS) is 21.6. The van der Waals surface area contributed by atoms with Crippen LogP contribution in [0.1, 0.15) is 47.0 Å². The van der Waals surface area contributed by atoms with E-state index in [-0.39, 0.29) is 11.7 Å². The standard InChI is InChI=1S/C13H22NO4P/c1-5-11(19(16)17)9-6-7-10(8-9)14-12(15)18-13(2,3)4/h8,10-11H,5-7H2,1-4H3,(H-,14,15,16,17)/p+1. The molecule has 0 fully saturated rings. The van der Waals surface area contributed by atoms with Crippen molar-refractivity contribution in [2.45, 2.75) is 64.3 Å². The molecule has 0 aromatic heterocycles. The maximum Gasteiger partial charge on any atom is 0.513 e. The number of allylic oxidation sites excluding steroid dienone is 1. The van der Waals surface area contributed by atoms with Crippen molar-refractivity contribution in [2.75, 3.05) is 0 Å². The number of carbonyl (C=O) groups excluding carboxylic acids is 1. The molecule has 0 aromatic rings. The zero-order valence-electron chi connectivity index (χ0n) is 12.0. The summed E-state index contributed by atoms with van der Waals surface area (Å²) < 4.78 is 16.4. The number of amides is 1. The van der Waals surface area contributed by atoms with Gasteiger partial charge in [-0.2, -0.15) is 4.89 Å². The fourth-order valence-corrected chi connectivity index (χ4v) is 2.97. The number of hydrogen-bond donors (Lipinski definition) is 2. The third-order valence-electron chi connectivity index (χ3n) is 2.94. The highest BCUT2D eigenvalue weighted by molar-refractivity contribution is 7.39. The number of nitrogens with one attached hydrogen (secondary N) is 1. The lowest BCUT2D eigenvalue weighted by atomic mass is 10.1. The van der Waals surface area contributed by atoms with Crippen molar-refractivity contribution in [3.8, 4) is 0 Å². The first-order valence-electron chi connectivity index (χ1n) is 6.58. The second kappa shape index (κ2) is 6.49. The summed E-state index contributed by atoms with van der Waals surface area (Å²) in [6.07, 6.45) is 3.59. The molecule has 0 saturated heterocycles. The molecule has 0 aromatic carbocycles. The van der Waals surface area contributed by atoms with Crippen LogP contribution in [-0.2, 0) is 9.30 Å². The average Bonchev–Trinajstić information content (AvgIpc) is 2.63. The van der Waals surface area contributed by atoms with Gasteiger partial charge in [0.25, 0.3) is 0 Å². The molecule has 0 heterocycles. The average molecular weight is 288 g/mol. The van der Waals surface area contributed by atoms with Gasteiger partial charge in [-0.15, -0.1) is 0 Å². The summed E-state index contributed by atoms with van der Waals surface area (Å²) in [7, 11) is -2.20. The van der Waals surface area contributed by atoms with Gasteiger partial charge in [0, 0.05) is 0 Å². The number of carbonyl (C=O) groups is 1. The van der Waals surface area contributed by atoms with Crippen molar-refractivity contribution in [1.82, 2.24) is 5.32 Å². The summed E-state index contributed by atoms with van der Waals surface area (Å²) in [5, 5.41) is 2.77. The number of hydrogen-bond acceptors (Lipinski definition) is 3. The van der Waals surface area contributed by atoms with Gasteiger partial charge in [-0.1, -0.05) is 13.0 Å². The van der Waals surface area contributed by atoms with E-state index < -0.39 is 19.7 Å². The lowest BCUT2D eigenvalue weighted by molar-refractivity contribution is 0.0514. The molecule has 0 radical (unpaired) electrons. The van der Waals surface area contributed by atoms with Gasteiger partial charge in [0.15, 0.2) is 0 Å². The lowest BCUT2D eigenvalue weighted by Gasteiger charge is -2.21. The highest BCUT2D eigenvalue weighted by atomic mass is 31.1. The predicted octanol–water partition coefficient (Wildman–Crippen LogP) is 3.11. The fraction of sp³-hybridized carbons (Fsp3) is 0.769. The van der Waals surface area contributed by atoms with E-state index in [0.29, 0.717) is 6.42 Å². The van der Waals surface area contributed by atoms with Crippen LogP contribution in [-0.4, -0.2) is 28.3 Å². The van der Waals surface area contributed by atoms with Gasteiger partial charge >= 0.3 is 14.1 Å². The Balaban J connectivity index is 2.57. The second-order valence-electron chi connectivity index (χ2n) is 5.76. The summed E-state index contributed by atoms with van der Waals surface area (Å²) in [4.78, 5) is 20.9. The Morgan fingerprint density at radius 1 is 1.63 bits per heavy atom. The molecular weight excluding hydrogens is 265 g/mol. The molecule has 3 unspecified atom stereocenters. The Kier molecular flexibility index (Phi) is 5.50. The Hall–Kier alpha value is -0.930. The number of alkyl carbamates (subject to hydrolysis) is 1. The van der Waals surface area contributed by atoms with Gasteiger partial charge in [-0.05, 0) is 50.2 Å². The lowest BCUT2D eigenvalue weighted by Crippen LogP contribution is -2.37. The molecule has 0 aliphatic heterocycles. The van der Waals surface area contributed by atoms with E-state index in [1.807, 2.05) is 33.8 Å². The summed E-state index contributed by atoms with van der Waals surface area (Å²) in [5.74, 6) is 0. The first kappa shape index (κ1) is 16.1. The Bertz CT molecular complexity index is 387. The van der Waals surface area contributed by atoms with E-state index in [1.54, 1.807) is 0 Å². The van der Waals surface area contributed by atoms with Crippen molar-refractivity contribution < 1.29 is 19.0 Å². The van der Waals surface area contributed by atoms with E-state index in [0.717, 1.165) is 18.4 Å². The minimum atomic E-state index is -2.20. The quantitative estimate of drug-likeness (QED) is 0.615. The van der Waals surface area contributed by atoms with E-state index in [9.17, 15) is 14.3 Å². The molecule has 0 saturated carbocycles. The van der Waals surface area contributed by atoms with Gasteiger partial charge in [0.2, 0.25) is 5.66 Å². The maximum atomic E-state index is 11.6. The van der Waals surface area contributed by atoms with Gasteiger partial charge in [0.1, 0.15) is 5.60 Å². The molecule has 108 valence electrons. The van der Waals surface area contributed by atoms with Crippen LogP contribution in [0.4, 0.5) is 4.79 Å². The molecule has 0 bridgehead atoms. The molecule has 6 heteroatoms. The van der Waals surface area contributed by atoms with E-state index in [1.165, 1.54) is 0 Å². The van der Waals surface area contributed by atoms with E-state index in [4.69, 9.17) is 4.74 Å². The topological polar surface area (TPSA) is 75.6 Å². The molecule has 5 nitrogen and oxygen atoms in total. The van der Waals surface area contributed by atoms with Crippen LogP contribution in [0.25, 0.3) is 0 Å². The second-order valence-corrected chi connectivity index (χ2v) is 6.99. The van der Waals surface area contributed by atoms with Crippen LogP contribution in [0.15, 0.2) is 11.6 Å². The van der Waals surface area contributed by atoms with Crippen molar-refractivity contribution in [2.24, 2.45) is 0 Å². The van der Waals surface area contributed by atoms with E-state index >= 15 is 0 Å². The molecule has 2 N–H and O–H groups in total. The minimum absolute atomic E-state index is 0.103. The largest absolute Gasteiger partial charge is 0.513 e. The van der Waals surface area contributed by atoms with Crippen molar-refractivity contribution >= 4 is 14.1 Å². The summed E-state index contributed by atoms with van der Waals surface area (Å²) in [6, 6.07) is -0.103. The number of rotatable bonds is 4. The van der Waals surface area contributed by atoms with Crippen molar-refractivity contribution in [3.63, 3.8) is 0 Å². The summed E-state index contributed by atoms with van der Waals surface area (Å²) >= 11 is 0. The van der Waals surface area contributed by atoms with Gasteiger partial charge in [0.05, 0.1) is 6.04 Å². The van der Waals surface area contributed by atoms with Crippen LogP contribution in [0.2, 0.25) is 0 Å². The Labute approximate surface area is 115 Å². The maximum absolute atomic E-state index is 11.6. The fourth-order valence-electron chi connectivity index (χ4n) is 2.16. The molecule has 1 rings (SSSR count). The highest BCUT2D eigenvalue weighted by Crippen LogP contribution is 2.36.